The Bertz CT molecular complexity index is 566. The van der Waals surface area contributed by atoms with Gasteiger partial charge in [-0.2, -0.15) is 10.5 Å². The SMILES string of the molecule is Cc1cccc(C(C#N)(CC(C)C#N)N2CCOCC2)c1. The number of rotatable bonds is 4. The third-order valence-electron chi connectivity index (χ3n) is 4.05. The van der Waals surface area contributed by atoms with E-state index in [1.807, 2.05) is 32.0 Å². The smallest absolute Gasteiger partial charge is 0.136 e. The van der Waals surface area contributed by atoms with Crippen molar-refractivity contribution < 1.29 is 4.74 Å². The van der Waals surface area contributed by atoms with E-state index in [0.29, 0.717) is 19.6 Å². The lowest BCUT2D eigenvalue weighted by molar-refractivity contribution is -0.0104. The van der Waals surface area contributed by atoms with Crippen molar-refractivity contribution >= 4 is 0 Å². The molecular formula is C17H21N3O. The highest BCUT2D eigenvalue weighted by atomic mass is 16.5. The van der Waals surface area contributed by atoms with E-state index in [1.165, 1.54) is 0 Å². The Kier molecular flexibility index (Phi) is 4.96. The monoisotopic (exact) mass is 283 g/mol. The number of morpholine rings is 1. The first kappa shape index (κ1) is 15.5. The van der Waals surface area contributed by atoms with Crippen molar-refractivity contribution in [3.8, 4) is 12.1 Å². The molecule has 0 radical (unpaired) electrons. The molecule has 0 aromatic heterocycles. The summed E-state index contributed by atoms with van der Waals surface area (Å²) in [6.07, 6.45) is 0.517. The van der Waals surface area contributed by atoms with Crippen molar-refractivity contribution in [3.63, 3.8) is 0 Å². The normalized spacial score (nSPS) is 20.0. The van der Waals surface area contributed by atoms with E-state index in [0.717, 1.165) is 24.2 Å². The van der Waals surface area contributed by atoms with E-state index in [4.69, 9.17) is 4.74 Å². The standard InChI is InChI=1S/C17H21N3O/c1-14-4-3-5-16(10-14)17(13-19,11-15(2)12-18)20-6-8-21-9-7-20/h3-5,10,15H,6-9,11H2,1-2H3. The maximum absolute atomic E-state index is 9.98. The summed E-state index contributed by atoms with van der Waals surface area (Å²) in [5.74, 6) is -0.173. The summed E-state index contributed by atoms with van der Waals surface area (Å²) in [6, 6.07) is 12.8. The maximum atomic E-state index is 9.98. The van der Waals surface area contributed by atoms with Gasteiger partial charge >= 0.3 is 0 Å². The van der Waals surface area contributed by atoms with Crippen LogP contribution < -0.4 is 0 Å². The molecule has 1 aromatic rings. The van der Waals surface area contributed by atoms with Crippen LogP contribution in [0.5, 0.6) is 0 Å². The van der Waals surface area contributed by atoms with Gasteiger partial charge in [-0.25, -0.2) is 0 Å². The topological polar surface area (TPSA) is 60.0 Å². The largest absolute Gasteiger partial charge is 0.379 e. The fraction of sp³-hybridized carbons (Fsp3) is 0.529. The van der Waals surface area contributed by atoms with Gasteiger partial charge in [-0.1, -0.05) is 29.8 Å². The van der Waals surface area contributed by atoms with E-state index >= 15 is 0 Å². The van der Waals surface area contributed by atoms with Crippen molar-refractivity contribution in [1.82, 2.24) is 4.90 Å². The number of benzene rings is 1. The van der Waals surface area contributed by atoms with Gasteiger partial charge in [0, 0.05) is 19.0 Å². The quantitative estimate of drug-likeness (QED) is 0.852. The van der Waals surface area contributed by atoms with Gasteiger partial charge in [-0.3, -0.25) is 4.90 Å². The minimum atomic E-state index is -0.745. The molecule has 2 atom stereocenters. The van der Waals surface area contributed by atoms with Crippen LogP contribution in [0.15, 0.2) is 24.3 Å². The average molecular weight is 283 g/mol. The van der Waals surface area contributed by atoms with Crippen molar-refractivity contribution in [3.05, 3.63) is 35.4 Å². The number of ether oxygens (including phenoxy) is 1. The molecule has 1 fully saturated rings. The first-order valence-corrected chi connectivity index (χ1v) is 7.33. The Balaban J connectivity index is 2.46. The second kappa shape index (κ2) is 6.72. The summed E-state index contributed by atoms with van der Waals surface area (Å²) in [6.45, 7) is 6.62. The van der Waals surface area contributed by atoms with E-state index < -0.39 is 5.54 Å². The molecule has 2 rings (SSSR count). The lowest BCUT2D eigenvalue weighted by Crippen LogP contribution is -2.51. The van der Waals surface area contributed by atoms with Crippen molar-refractivity contribution in [2.24, 2.45) is 5.92 Å². The summed E-state index contributed by atoms with van der Waals surface area (Å²) in [7, 11) is 0. The van der Waals surface area contributed by atoms with E-state index in [-0.39, 0.29) is 5.92 Å². The highest BCUT2D eigenvalue weighted by Gasteiger charge is 2.41. The predicted octanol–water partition coefficient (Wildman–Crippen LogP) is 2.60. The number of hydrogen-bond donors (Lipinski definition) is 0. The van der Waals surface area contributed by atoms with Crippen molar-refractivity contribution in [2.75, 3.05) is 26.3 Å². The predicted molar refractivity (Wildman–Crippen MR) is 80.3 cm³/mol. The molecule has 4 heteroatoms. The molecule has 0 bridgehead atoms. The highest BCUT2D eigenvalue weighted by molar-refractivity contribution is 5.35. The van der Waals surface area contributed by atoms with Crippen LogP contribution in [0.25, 0.3) is 0 Å². The molecule has 1 aromatic carbocycles. The van der Waals surface area contributed by atoms with Gasteiger partial charge in [-0.15, -0.1) is 0 Å². The van der Waals surface area contributed by atoms with Gasteiger partial charge in [0.05, 0.1) is 25.4 Å². The van der Waals surface area contributed by atoms with Gasteiger partial charge in [0.25, 0.3) is 0 Å². The molecule has 0 amide bonds. The first-order chi connectivity index (χ1) is 10.1. The molecule has 4 nitrogen and oxygen atoms in total. The molecule has 1 aliphatic rings. The third kappa shape index (κ3) is 3.24. The average Bonchev–Trinajstić information content (AvgIpc) is 2.53. The molecule has 2 unspecified atom stereocenters. The van der Waals surface area contributed by atoms with Crippen molar-refractivity contribution in [1.29, 1.82) is 10.5 Å². The Labute approximate surface area is 126 Å². The van der Waals surface area contributed by atoms with Gasteiger partial charge in [0.2, 0.25) is 0 Å². The highest BCUT2D eigenvalue weighted by Crippen LogP contribution is 2.35. The summed E-state index contributed by atoms with van der Waals surface area (Å²) in [4.78, 5) is 2.17. The molecule has 1 heterocycles. The van der Waals surface area contributed by atoms with Gasteiger partial charge in [-0.05, 0) is 25.8 Å². The minimum Gasteiger partial charge on any atom is -0.379 e. The first-order valence-electron chi connectivity index (χ1n) is 7.33. The van der Waals surface area contributed by atoms with Crippen molar-refractivity contribution in [2.45, 2.75) is 25.8 Å². The van der Waals surface area contributed by atoms with E-state index in [9.17, 15) is 10.5 Å². The summed E-state index contributed by atoms with van der Waals surface area (Å²) >= 11 is 0. The minimum absolute atomic E-state index is 0.173. The maximum Gasteiger partial charge on any atom is 0.136 e. The fourth-order valence-electron chi connectivity index (χ4n) is 2.95. The molecule has 0 saturated carbocycles. The lowest BCUT2D eigenvalue weighted by atomic mass is 9.81. The zero-order chi connectivity index (χ0) is 15.3. The number of aryl methyl sites for hydroxylation is 1. The molecule has 0 N–H and O–H groups in total. The molecule has 21 heavy (non-hydrogen) atoms. The third-order valence-corrected chi connectivity index (χ3v) is 4.05. The Hall–Kier alpha value is -1.88. The number of nitrogens with zero attached hydrogens (tertiary/aromatic N) is 3. The molecule has 110 valence electrons. The van der Waals surface area contributed by atoms with E-state index in [2.05, 4.69) is 23.1 Å². The van der Waals surface area contributed by atoms with Gasteiger partial charge in [0.15, 0.2) is 0 Å². The van der Waals surface area contributed by atoms with Crippen LogP contribution in [-0.4, -0.2) is 31.2 Å². The number of nitriles is 2. The Morgan fingerprint density at radius 1 is 1.33 bits per heavy atom. The van der Waals surface area contributed by atoms with Crippen LogP contribution >= 0.6 is 0 Å². The molecule has 1 saturated heterocycles. The van der Waals surface area contributed by atoms with Crippen LogP contribution in [-0.2, 0) is 10.3 Å². The zero-order valence-corrected chi connectivity index (χ0v) is 12.7. The summed E-state index contributed by atoms with van der Waals surface area (Å²) in [5, 5.41) is 19.2. The van der Waals surface area contributed by atoms with Crippen LogP contribution in [0, 0.1) is 35.5 Å². The molecule has 0 aliphatic carbocycles. The summed E-state index contributed by atoms with van der Waals surface area (Å²) < 4.78 is 5.41. The van der Waals surface area contributed by atoms with Crippen LogP contribution in [0.2, 0.25) is 0 Å². The fourth-order valence-corrected chi connectivity index (χ4v) is 2.95. The van der Waals surface area contributed by atoms with Crippen LogP contribution in [0.1, 0.15) is 24.5 Å². The second-order valence-corrected chi connectivity index (χ2v) is 5.68. The molecular weight excluding hydrogens is 262 g/mol. The van der Waals surface area contributed by atoms with E-state index in [1.54, 1.807) is 0 Å². The number of hydrogen-bond acceptors (Lipinski definition) is 4. The van der Waals surface area contributed by atoms with Crippen LogP contribution in [0.3, 0.4) is 0 Å². The summed E-state index contributed by atoms with van der Waals surface area (Å²) in [5.41, 5.74) is 1.37. The zero-order valence-electron chi connectivity index (χ0n) is 12.7. The van der Waals surface area contributed by atoms with Gasteiger partial charge < -0.3 is 4.74 Å². The lowest BCUT2D eigenvalue weighted by Gasteiger charge is -2.42. The van der Waals surface area contributed by atoms with Crippen LogP contribution in [0.4, 0.5) is 0 Å². The Morgan fingerprint density at radius 3 is 2.62 bits per heavy atom. The molecule has 0 spiro atoms. The Morgan fingerprint density at radius 2 is 2.05 bits per heavy atom. The molecule has 1 aliphatic heterocycles. The second-order valence-electron chi connectivity index (χ2n) is 5.68. The van der Waals surface area contributed by atoms with Gasteiger partial charge in [0.1, 0.15) is 5.54 Å².